The number of benzene rings is 1. The average molecular weight is 363 g/mol. The minimum Gasteiger partial charge on any atom is -0.497 e. The molecule has 0 saturated carbocycles. The maximum absolute atomic E-state index is 11.8. The highest BCUT2D eigenvalue weighted by molar-refractivity contribution is 7.91. The lowest BCUT2D eigenvalue weighted by atomic mass is 10.2. The van der Waals surface area contributed by atoms with Crippen LogP contribution in [0.15, 0.2) is 30.5 Å². The zero-order valence-electron chi connectivity index (χ0n) is 14.2. The van der Waals surface area contributed by atoms with Gasteiger partial charge in [0.1, 0.15) is 5.75 Å². The summed E-state index contributed by atoms with van der Waals surface area (Å²) in [5, 5.41) is 11.1. The summed E-state index contributed by atoms with van der Waals surface area (Å²) >= 11 is 0. The van der Waals surface area contributed by atoms with Gasteiger partial charge in [-0.05, 0) is 37.6 Å². The van der Waals surface area contributed by atoms with E-state index in [1.807, 2.05) is 36.1 Å². The quantitative estimate of drug-likeness (QED) is 0.827. The maximum atomic E-state index is 11.8. The third-order valence-corrected chi connectivity index (χ3v) is 5.93. The molecule has 1 unspecified atom stereocenters. The second-order valence-corrected chi connectivity index (χ2v) is 8.06. The molecule has 0 aliphatic carbocycles. The lowest BCUT2D eigenvalue weighted by molar-refractivity contribution is 0.415. The Labute approximate surface area is 147 Å². The lowest BCUT2D eigenvalue weighted by Crippen LogP contribution is -2.37. The van der Waals surface area contributed by atoms with Crippen LogP contribution in [0.4, 0.5) is 17.5 Å². The van der Waals surface area contributed by atoms with E-state index in [0.29, 0.717) is 24.7 Å². The second-order valence-electron chi connectivity index (χ2n) is 5.83. The van der Waals surface area contributed by atoms with Gasteiger partial charge in [-0.2, -0.15) is 10.1 Å². The normalized spacial score (nSPS) is 18.7. The van der Waals surface area contributed by atoms with E-state index >= 15 is 0 Å². The molecule has 8 nitrogen and oxygen atoms in total. The van der Waals surface area contributed by atoms with Crippen LogP contribution in [-0.4, -0.2) is 54.8 Å². The van der Waals surface area contributed by atoms with E-state index in [2.05, 4.69) is 20.5 Å². The molecule has 1 aromatic carbocycles. The first-order valence-electron chi connectivity index (χ1n) is 8.08. The predicted octanol–water partition coefficient (Wildman–Crippen LogP) is 1.64. The van der Waals surface area contributed by atoms with Crippen LogP contribution in [0.1, 0.15) is 13.3 Å². The van der Waals surface area contributed by atoms with Crippen LogP contribution in [0.2, 0.25) is 0 Å². The summed E-state index contributed by atoms with van der Waals surface area (Å²) in [6.07, 6.45) is 2.18. The number of anilines is 3. The molecule has 1 saturated heterocycles. The molecule has 1 aliphatic rings. The van der Waals surface area contributed by atoms with Crippen molar-refractivity contribution in [1.82, 2.24) is 15.2 Å². The Morgan fingerprint density at radius 3 is 2.68 bits per heavy atom. The molecule has 1 aliphatic heterocycles. The van der Waals surface area contributed by atoms with Gasteiger partial charge < -0.3 is 15.0 Å². The van der Waals surface area contributed by atoms with Gasteiger partial charge in [-0.3, -0.25) is 0 Å². The van der Waals surface area contributed by atoms with Crippen molar-refractivity contribution in [2.24, 2.45) is 0 Å². The molecule has 1 N–H and O–H groups in total. The van der Waals surface area contributed by atoms with Gasteiger partial charge in [0.25, 0.3) is 0 Å². The smallest absolute Gasteiger partial charge is 0.249 e. The molecule has 1 atom stereocenters. The number of rotatable bonds is 6. The minimum atomic E-state index is -2.96. The van der Waals surface area contributed by atoms with Gasteiger partial charge in [-0.15, -0.1) is 5.10 Å². The van der Waals surface area contributed by atoms with E-state index in [4.69, 9.17) is 4.74 Å². The van der Waals surface area contributed by atoms with Crippen molar-refractivity contribution in [3.8, 4) is 5.75 Å². The Morgan fingerprint density at radius 2 is 2.08 bits per heavy atom. The molecule has 0 spiro atoms. The fourth-order valence-electron chi connectivity index (χ4n) is 2.92. The first-order valence-corrected chi connectivity index (χ1v) is 9.91. The van der Waals surface area contributed by atoms with Gasteiger partial charge in [0.05, 0.1) is 24.8 Å². The summed E-state index contributed by atoms with van der Waals surface area (Å²) in [5.74, 6) is 2.13. The molecule has 134 valence electrons. The van der Waals surface area contributed by atoms with Crippen LogP contribution in [0.3, 0.4) is 0 Å². The van der Waals surface area contributed by atoms with Gasteiger partial charge >= 0.3 is 0 Å². The molecule has 1 aromatic heterocycles. The monoisotopic (exact) mass is 363 g/mol. The highest BCUT2D eigenvalue weighted by atomic mass is 32.2. The number of hydrogen-bond donors (Lipinski definition) is 1. The zero-order valence-corrected chi connectivity index (χ0v) is 15.0. The van der Waals surface area contributed by atoms with Crippen molar-refractivity contribution in [3.63, 3.8) is 0 Å². The number of ether oxygens (including phenoxy) is 1. The summed E-state index contributed by atoms with van der Waals surface area (Å²) in [4.78, 5) is 6.46. The van der Waals surface area contributed by atoms with Crippen LogP contribution >= 0.6 is 0 Å². The Bertz CT molecular complexity index is 826. The summed E-state index contributed by atoms with van der Waals surface area (Å²) < 4.78 is 28.6. The van der Waals surface area contributed by atoms with Gasteiger partial charge in [0, 0.05) is 18.3 Å². The number of aromatic nitrogens is 3. The third kappa shape index (κ3) is 4.16. The lowest BCUT2D eigenvalue weighted by Gasteiger charge is -2.27. The molecule has 1 fully saturated rings. The van der Waals surface area contributed by atoms with Crippen molar-refractivity contribution in [1.29, 1.82) is 0 Å². The van der Waals surface area contributed by atoms with Crippen LogP contribution in [-0.2, 0) is 9.84 Å². The van der Waals surface area contributed by atoms with Gasteiger partial charge in [0.2, 0.25) is 5.95 Å². The number of nitrogens with one attached hydrogen (secondary N) is 1. The van der Waals surface area contributed by atoms with E-state index in [0.717, 1.165) is 11.4 Å². The molecular weight excluding hydrogens is 342 g/mol. The molecular formula is C16H21N5O3S. The summed E-state index contributed by atoms with van der Waals surface area (Å²) in [5.41, 5.74) is 0.811. The first-order chi connectivity index (χ1) is 12.0. The molecule has 2 aromatic rings. The number of methoxy groups -OCH3 is 1. The van der Waals surface area contributed by atoms with E-state index < -0.39 is 9.84 Å². The largest absolute Gasteiger partial charge is 0.497 e. The molecule has 3 rings (SSSR count). The molecule has 9 heteroatoms. The summed E-state index contributed by atoms with van der Waals surface area (Å²) in [6.45, 7) is 2.63. The fraction of sp³-hybridized carbons (Fsp3) is 0.438. The summed E-state index contributed by atoms with van der Waals surface area (Å²) in [6, 6.07) is 7.31. The summed E-state index contributed by atoms with van der Waals surface area (Å²) in [7, 11) is -1.34. The van der Waals surface area contributed by atoms with Crippen LogP contribution < -0.4 is 15.0 Å². The molecule has 0 bridgehead atoms. The van der Waals surface area contributed by atoms with E-state index in [9.17, 15) is 8.42 Å². The number of nitrogens with zero attached hydrogens (tertiary/aromatic N) is 4. The number of sulfone groups is 1. The Kier molecular flexibility index (Phi) is 5.03. The molecule has 0 radical (unpaired) electrons. The SMILES string of the molecule is CCN(c1cnnc(Nc2ccc(OC)cc2)n1)C1CCS(=O)(=O)C1. The van der Waals surface area contributed by atoms with E-state index in [1.165, 1.54) is 0 Å². The zero-order chi connectivity index (χ0) is 17.9. The second kappa shape index (κ2) is 7.22. The minimum absolute atomic E-state index is 0.0689. The van der Waals surface area contributed by atoms with Crippen molar-refractivity contribution in [3.05, 3.63) is 30.5 Å². The highest BCUT2D eigenvalue weighted by Gasteiger charge is 2.32. The van der Waals surface area contributed by atoms with Crippen LogP contribution in [0, 0.1) is 0 Å². The Balaban J connectivity index is 1.77. The van der Waals surface area contributed by atoms with Crippen LogP contribution in [0.5, 0.6) is 5.75 Å². The average Bonchev–Trinajstić information content (AvgIpc) is 2.96. The van der Waals surface area contributed by atoms with Crippen LogP contribution in [0.25, 0.3) is 0 Å². The molecule has 25 heavy (non-hydrogen) atoms. The van der Waals surface area contributed by atoms with Gasteiger partial charge in [-0.1, -0.05) is 0 Å². The Morgan fingerprint density at radius 1 is 1.32 bits per heavy atom. The molecule has 2 heterocycles. The van der Waals surface area contributed by atoms with Gasteiger partial charge in [0.15, 0.2) is 15.7 Å². The van der Waals surface area contributed by atoms with Crippen molar-refractivity contribution < 1.29 is 13.2 Å². The van der Waals surface area contributed by atoms with E-state index in [1.54, 1.807) is 13.3 Å². The Hall–Kier alpha value is -2.42. The van der Waals surface area contributed by atoms with Gasteiger partial charge in [-0.25, -0.2) is 8.42 Å². The third-order valence-electron chi connectivity index (χ3n) is 4.18. The predicted molar refractivity (Wildman–Crippen MR) is 96.2 cm³/mol. The number of hydrogen-bond acceptors (Lipinski definition) is 8. The van der Waals surface area contributed by atoms with Crippen molar-refractivity contribution in [2.45, 2.75) is 19.4 Å². The first kappa shape index (κ1) is 17.4. The fourth-order valence-corrected chi connectivity index (χ4v) is 4.65. The van der Waals surface area contributed by atoms with Crippen molar-refractivity contribution >= 4 is 27.3 Å². The molecule has 0 amide bonds. The maximum Gasteiger partial charge on any atom is 0.249 e. The topological polar surface area (TPSA) is 97.3 Å². The highest BCUT2D eigenvalue weighted by Crippen LogP contribution is 2.23. The standard InChI is InChI=1S/C16H21N5O3S/c1-3-21(13-8-9-25(22,23)11-13)15-10-17-20-16(19-15)18-12-4-6-14(24-2)7-5-12/h4-7,10,13H,3,8-9,11H2,1-2H3,(H,18,19,20). The van der Waals surface area contributed by atoms with E-state index in [-0.39, 0.29) is 17.5 Å². The van der Waals surface area contributed by atoms with Crippen molar-refractivity contribution in [2.75, 3.05) is 35.4 Å².